The summed E-state index contributed by atoms with van der Waals surface area (Å²) < 4.78 is 4.90. The summed E-state index contributed by atoms with van der Waals surface area (Å²) in [7, 11) is 0. The second kappa shape index (κ2) is 6.82. The van der Waals surface area contributed by atoms with E-state index in [4.69, 9.17) is 10.5 Å². The molecule has 0 radical (unpaired) electrons. The summed E-state index contributed by atoms with van der Waals surface area (Å²) in [5.41, 5.74) is 5.05. The monoisotopic (exact) mass is 201 g/mol. The third-order valence-electron chi connectivity index (χ3n) is 2.29. The molecule has 0 saturated carbocycles. The minimum absolute atomic E-state index is 0.281. The minimum Gasteiger partial charge on any atom is -0.465 e. The standard InChI is InChI=1S/C11H23NO2/c1-4-6-7-8-9-11(3,12)10(13)14-5-2/h4-9,12H2,1-3H3/t11-/m1/s1. The summed E-state index contributed by atoms with van der Waals surface area (Å²) in [6, 6.07) is 0. The van der Waals surface area contributed by atoms with E-state index in [1.54, 1.807) is 13.8 Å². The molecule has 0 aliphatic heterocycles. The highest BCUT2D eigenvalue weighted by atomic mass is 16.5. The number of ether oxygens (including phenoxy) is 1. The molecule has 0 spiro atoms. The molecule has 3 nitrogen and oxygen atoms in total. The Kier molecular flexibility index (Phi) is 6.54. The van der Waals surface area contributed by atoms with Crippen molar-refractivity contribution in [1.29, 1.82) is 0 Å². The first-order valence-electron chi connectivity index (χ1n) is 5.50. The maximum atomic E-state index is 11.4. The van der Waals surface area contributed by atoms with Crippen molar-refractivity contribution in [3.05, 3.63) is 0 Å². The Morgan fingerprint density at radius 2 is 1.93 bits per heavy atom. The summed E-state index contributed by atoms with van der Waals surface area (Å²) in [5, 5.41) is 0. The number of carbonyl (C=O) groups is 1. The van der Waals surface area contributed by atoms with Gasteiger partial charge in [-0.3, -0.25) is 4.79 Å². The molecule has 0 saturated heterocycles. The lowest BCUT2D eigenvalue weighted by molar-refractivity contribution is -0.149. The fourth-order valence-corrected chi connectivity index (χ4v) is 1.32. The van der Waals surface area contributed by atoms with Gasteiger partial charge in [0.1, 0.15) is 5.54 Å². The van der Waals surface area contributed by atoms with Gasteiger partial charge in [-0.1, -0.05) is 32.6 Å². The van der Waals surface area contributed by atoms with E-state index in [1.807, 2.05) is 0 Å². The Balaban J connectivity index is 3.76. The van der Waals surface area contributed by atoms with E-state index >= 15 is 0 Å². The second-order valence-electron chi connectivity index (χ2n) is 3.95. The molecule has 0 heterocycles. The van der Waals surface area contributed by atoms with Crippen molar-refractivity contribution in [2.45, 2.75) is 58.4 Å². The average Bonchev–Trinajstić information content (AvgIpc) is 2.13. The van der Waals surface area contributed by atoms with Crippen LogP contribution in [0.15, 0.2) is 0 Å². The van der Waals surface area contributed by atoms with Crippen molar-refractivity contribution in [3.63, 3.8) is 0 Å². The van der Waals surface area contributed by atoms with Crippen molar-refractivity contribution in [2.75, 3.05) is 6.61 Å². The summed E-state index contributed by atoms with van der Waals surface area (Å²) >= 11 is 0. The Labute approximate surface area is 87.0 Å². The van der Waals surface area contributed by atoms with Crippen LogP contribution in [0.1, 0.15) is 52.9 Å². The number of carbonyl (C=O) groups excluding carboxylic acids is 1. The van der Waals surface area contributed by atoms with E-state index in [9.17, 15) is 4.79 Å². The van der Waals surface area contributed by atoms with E-state index in [0.717, 1.165) is 12.8 Å². The van der Waals surface area contributed by atoms with E-state index in [-0.39, 0.29) is 5.97 Å². The SMILES string of the molecule is CCCCCC[C@@](C)(N)C(=O)OCC. The first-order chi connectivity index (χ1) is 6.54. The Bertz CT molecular complexity index is 167. The number of esters is 1. The van der Waals surface area contributed by atoms with Crippen molar-refractivity contribution < 1.29 is 9.53 Å². The molecule has 3 heteroatoms. The zero-order valence-corrected chi connectivity index (χ0v) is 9.64. The lowest BCUT2D eigenvalue weighted by Crippen LogP contribution is -2.46. The Hall–Kier alpha value is -0.570. The molecule has 0 unspecified atom stereocenters. The highest BCUT2D eigenvalue weighted by molar-refractivity contribution is 5.79. The van der Waals surface area contributed by atoms with Gasteiger partial charge in [-0.2, -0.15) is 0 Å². The molecular weight excluding hydrogens is 178 g/mol. The summed E-state index contributed by atoms with van der Waals surface area (Å²) in [4.78, 5) is 11.4. The minimum atomic E-state index is -0.802. The van der Waals surface area contributed by atoms with Gasteiger partial charge in [0, 0.05) is 0 Å². The smallest absolute Gasteiger partial charge is 0.325 e. The molecule has 0 aromatic rings. The zero-order valence-electron chi connectivity index (χ0n) is 9.64. The number of hydrogen-bond donors (Lipinski definition) is 1. The molecular formula is C11H23NO2. The van der Waals surface area contributed by atoms with Crippen LogP contribution in [0.2, 0.25) is 0 Å². The highest BCUT2D eigenvalue weighted by Gasteiger charge is 2.28. The van der Waals surface area contributed by atoms with Gasteiger partial charge in [-0.15, -0.1) is 0 Å². The van der Waals surface area contributed by atoms with Crippen LogP contribution in [0.3, 0.4) is 0 Å². The van der Waals surface area contributed by atoms with Crippen LogP contribution in [0, 0.1) is 0 Å². The maximum Gasteiger partial charge on any atom is 0.325 e. The molecule has 0 aliphatic carbocycles. The third kappa shape index (κ3) is 5.22. The predicted octanol–water partition coefficient (Wildman–Crippen LogP) is 2.24. The average molecular weight is 201 g/mol. The van der Waals surface area contributed by atoms with Crippen LogP contribution in [-0.2, 0) is 9.53 Å². The molecule has 2 N–H and O–H groups in total. The molecule has 0 fully saturated rings. The number of nitrogens with two attached hydrogens (primary N) is 1. The van der Waals surface area contributed by atoms with E-state index in [2.05, 4.69) is 6.92 Å². The van der Waals surface area contributed by atoms with Crippen LogP contribution in [0.25, 0.3) is 0 Å². The maximum absolute atomic E-state index is 11.4. The highest BCUT2D eigenvalue weighted by Crippen LogP contribution is 2.14. The lowest BCUT2D eigenvalue weighted by Gasteiger charge is -2.21. The van der Waals surface area contributed by atoms with Gasteiger partial charge in [-0.25, -0.2) is 0 Å². The number of unbranched alkanes of at least 4 members (excludes halogenated alkanes) is 3. The van der Waals surface area contributed by atoms with Crippen molar-refractivity contribution >= 4 is 5.97 Å². The van der Waals surface area contributed by atoms with Crippen molar-refractivity contribution in [2.24, 2.45) is 5.73 Å². The Morgan fingerprint density at radius 1 is 1.29 bits per heavy atom. The number of hydrogen-bond acceptors (Lipinski definition) is 3. The van der Waals surface area contributed by atoms with Gasteiger partial charge in [0.15, 0.2) is 0 Å². The van der Waals surface area contributed by atoms with E-state index in [0.29, 0.717) is 13.0 Å². The van der Waals surface area contributed by atoms with Crippen LogP contribution >= 0.6 is 0 Å². The van der Waals surface area contributed by atoms with E-state index in [1.165, 1.54) is 12.8 Å². The molecule has 0 aromatic carbocycles. The topological polar surface area (TPSA) is 52.3 Å². The van der Waals surface area contributed by atoms with Gasteiger partial charge in [-0.05, 0) is 20.3 Å². The molecule has 14 heavy (non-hydrogen) atoms. The summed E-state index contributed by atoms with van der Waals surface area (Å²) in [6.07, 6.45) is 5.26. The molecule has 0 amide bonds. The van der Waals surface area contributed by atoms with Gasteiger partial charge in [0.2, 0.25) is 0 Å². The van der Waals surface area contributed by atoms with E-state index < -0.39 is 5.54 Å². The molecule has 0 aromatic heterocycles. The van der Waals surface area contributed by atoms with Gasteiger partial charge < -0.3 is 10.5 Å². The third-order valence-corrected chi connectivity index (χ3v) is 2.29. The molecule has 0 bridgehead atoms. The quantitative estimate of drug-likeness (QED) is 0.507. The summed E-state index contributed by atoms with van der Waals surface area (Å²) in [6.45, 7) is 6.11. The predicted molar refractivity (Wildman–Crippen MR) is 58.0 cm³/mol. The molecule has 0 rings (SSSR count). The van der Waals surface area contributed by atoms with Crippen LogP contribution in [0.4, 0.5) is 0 Å². The summed E-state index contributed by atoms with van der Waals surface area (Å²) in [5.74, 6) is -0.281. The molecule has 84 valence electrons. The lowest BCUT2D eigenvalue weighted by atomic mass is 9.95. The van der Waals surface area contributed by atoms with Crippen molar-refractivity contribution in [1.82, 2.24) is 0 Å². The zero-order chi connectivity index (χ0) is 11.0. The second-order valence-corrected chi connectivity index (χ2v) is 3.95. The van der Waals surface area contributed by atoms with Crippen molar-refractivity contribution in [3.8, 4) is 0 Å². The largest absolute Gasteiger partial charge is 0.465 e. The number of rotatable bonds is 7. The first kappa shape index (κ1) is 13.4. The van der Waals surface area contributed by atoms with Gasteiger partial charge in [0.25, 0.3) is 0 Å². The normalized spacial score (nSPS) is 14.9. The fourth-order valence-electron chi connectivity index (χ4n) is 1.32. The molecule has 0 aliphatic rings. The fraction of sp³-hybridized carbons (Fsp3) is 0.909. The Morgan fingerprint density at radius 3 is 2.43 bits per heavy atom. The van der Waals surface area contributed by atoms with Gasteiger partial charge >= 0.3 is 5.97 Å². The first-order valence-corrected chi connectivity index (χ1v) is 5.50. The van der Waals surface area contributed by atoms with Crippen LogP contribution in [-0.4, -0.2) is 18.1 Å². The van der Waals surface area contributed by atoms with Crippen LogP contribution in [0.5, 0.6) is 0 Å². The van der Waals surface area contributed by atoms with Gasteiger partial charge in [0.05, 0.1) is 6.61 Å². The van der Waals surface area contributed by atoms with Crippen LogP contribution < -0.4 is 5.73 Å². The molecule has 1 atom stereocenters.